The maximum atomic E-state index is 13.1. The van der Waals surface area contributed by atoms with Crippen LogP contribution >= 0.6 is 11.3 Å². The van der Waals surface area contributed by atoms with Crippen molar-refractivity contribution < 1.29 is 14.3 Å². The minimum atomic E-state index is -0.751. The normalized spacial score (nSPS) is 14.4. The predicted molar refractivity (Wildman–Crippen MR) is 121 cm³/mol. The molecule has 1 aromatic carbocycles. The Kier molecular flexibility index (Phi) is 6.03. The van der Waals surface area contributed by atoms with Gasteiger partial charge in [-0.15, -0.1) is 11.3 Å². The molecule has 31 heavy (non-hydrogen) atoms. The number of aryl methyl sites for hydroxylation is 2. The standard InChI is InChI=1S/C22H24N4O4S/c1-13(20(27)25-24-11-14-8-9-15(29-2)10-17(14)30-3)26-12-23-21-19(22(26)28)16-6-4-5-7-18(16)31-21/h8-13H,4-7H2,1-3H3,(H,25,27)/b24-11+/t13-/m1/s1. The summed E-state index contributed by atoms with van der Waals surface area (Å²) in [6, 6.07) is 4.53. The van der Waals surface area contributed by atoms with Crippen LogP contribution in [0, 0.1) is 0 Å². The van der Waals surface area contributed by atoms with Gasteiger partial charge in [-0.2, -0.15) is 5.10 Å². The zero-order valence-corrected chi connectivity index (χ0v) is 18.5. The summed E-state index contributed by atoms with van der Waals surface area (Å²) in [5, 5.41) is 4.69. The first-order valence-corrected chi connectivity index (χ1v) is 10.9. The molecular formula is C22H24N4O4S. The Morgan fingerprint density at radius 1 is 1.29 bits per heavy atom. The van der Waals surface area contributed by atoms with Gasteiger partial charge >= 0.3 is 0 Å². The van der Waals surface area contributed by atoms with Crippen LogP contribution in [0.3, 0.4) is 0 Å². The zero-order chi connectivity index (χ0) is 22.0. The number of methoxy groups -OCH3 is 2. The molecule has 1 N–H and O–H groups in total. The van der Waals surface area contributed by atoms with Gasteiger partial charge in [0, 0.05) is 16.5 Å². The van der Waals surface area contributed by atoms with E-state index in [9.17, 15) is 9.59 Å². The molecule has 2 heterocycles. The van der Waals surface area contributed by atoms with E-state index in [1.807, 2.05) is 0 Å². The van der Waals surface area contributed by atoms with Crippen LogP contribution in [-0.2, 0) is 17.6 Å². The lowest BCUT2D eigenvalue weighted by Crippen LogP contribution is -2.34. The number of ether oxygens (including phenoxy) is 2. The molecule has 0 unspecified atom stereocenters. The first kappa shape index (κ1) is 21.0. The molecule has 8 nitrogen and oxygen atoms in total. The van der Waals surface area contributed by atoms with Crippen molar-refractivity contribution in [1.29, 1.82) is 0 Å². The Labute approximate surface area is 183 Å². The van der Waals surface area contributed by atoms with E-state index in [2.05, 4.69) is 15.5 Å². The number of hydrogen-bond acceptors (Lipinski definition) is 7. The summed E-state index contributed by atoms with van der Waals surface area (Å²) >= 11 is 1.59. The van der Waals surface area contributed by atoms with E-state index < -0.39 is 11.9 Å². The van der Waals surface area contributed by atoms with Crippen LogP contribution in [0.25, 0.3) is 10.2 Å². The molecule has 1 aliphatic rings. The molecule has 4 rings (SSSR count). The van der Waals surface area contributed by atoms with E-state index >= 15 is 0 Å². The SMILES string of the molecule is COc1ccc(/C=N/NC(=O)[C@@H](C)n2cnc3sc4c(c3c2=O)CCCC4)c(OC)c1. The lowest BCUT2D eigenvalue weighted by Gasteiger charge is -2.14. The fraction of sp³-hybridized carbons (Fsp3) is 0.364. The maximum Gasteiger partial charge on any atom is 0.263 e. The van der Waals surface area contributed by atoms with Crippen LogP contribution in [0.1, 0.15) is 41.8 Å². The van der Waals surface area contributed by atoms with Gasteiger partial charge in [-0.3, -0.25) is 14.2 Å². The number of hydrazone groups is 1. The van der Waals surface area contributed by atoms with Crippen molar-refractivity contribution in [3.8, 4) is 11.5 Å². The lowest BCUT2D eigenvalue weighted by atomic mass is 9.97. The molecule has 9 heteroatoms. The zero-order valence-electron chi connectivity index (χ0n) is 17.7. The molecule has 1 aliphatic carbocycles. The fourth-order valence-corrected chi connectivity index (χ4v) is 4.96. The second kappa shape index (κ2) is 8.89. The number of thiophene rings is 1. The van der Waals surface area contributed by atoms with Crippen LogP contribution in [0.15, 0.2) is 34.4 Å². The molecule has 0 fully saturated rings. The van der Waals surface area contributed by atoms with Gasteiger partial charge in [0.2, 0.25) is 0 Å². The summed E-state index contributed by atoms with van der Waals surface area (Å²) < 4.78 is 11.9. The highest BCUT2D eigenvalue weighted by Gasteiger charge is 2.23. The Morgan fingerprint density at radius 3 is 2.87 bits per heavy atom. The van der Waals surface area contributed by atoms with E-state index in [0.29, 0.717) is 22.4 Å². The fourth-order valence-electron chi connectivity index (χ4n) is 3.75. The van der Waals surface area contributed by atoms with Crippen molar-refractivity contribution in [2.45, 2.75) is 38.6 Å². The number of carbonyl (C=O) groups excluding carboxylic acids is 1. The van der Waals surface area contributed by atoms with Crippen LogP contribution in [-0.4, -0.2) is 35.9 Å². The molecule has 1 atom stereocenters. The third kappa shape index (κ3) is 4.05. The molecule has 1 amide bonds. The average Bonchev–Trinajstić information content (AvgIpc) is 3.18. The second-order valence-electron chi connectivity index (χ2n) is 7.37. The molecule has 0 saturated heterocycles. The third-order valence-corrected chi connectivity index (χ3v) is 6.72. The highest BCUT2D eigenvalue weighted by molar-refractivity contribution is 7.18. The van der Waals surface area contributed by atoms with Crippen molar-refractivity contribution >= 4 is 33.7 Å². The molecule has 0 radical (unpaired) electrons. The highest BCUT2D eigenvalue weighted by Crippen LogP contribution is 2.33. The minimum absolute atomic E-state index is 0.173. The Balaban J connectivity index is 1.53. The molecular weight excluding hydrogens is 416 g/mol. The number of hydrogen-bond donors (Lipinski definition) is 1. The average molecular weight is 441 g/mol. The Bertz CT molecular complexity index is 1210. The number of rotatable bonds is 6. The quantitative estimate of drug-likeness (QED) is 0.470. The van der Waals surface area contributed by atoms with Crippen LogP contribution in [0.5, 0.6) is 11.5 Å². The molecule has 0 spiro atoms. The Hall–Kier alpha value is -3.20. The van der Waals surface area contributed by atoms with Crippen molar-refractivity contribution in [2.24, 2.45) is 5.10 Å². The topological polar surface area (TPSA) is 94.8 Å². The number of amides is 1. The van der Waals surface area contributed by atoms with Gasteiger partial charge in [0.05, 0.1) is 32.1 Å². The van der Waals surface area contributed by atoms with E-state index in [1.165, 1.54) is 22.0 Å². The predicted octanol–water partition coefficient (Wildman–Crippen LogP) is 3.07. The van der Waals surface area contributed by atoms with E-state index in [1.54, 1.807) is 50.7 Å². The van der Waals surface area contributed by atoms with Gasteiger partial charge in [-0.1, -0.05) is 0 Å². The molecule has 0 saturated carbocycles. The van der Waals surface area contributed by atoms with Crippen molar-refractivity contribution in [3.63, 3.8) is 0 Å². The lowest BCUT2D eigenvalue weighted by molar-refractivity contribution is -0.123. The molecule has 2 aromatic heterocycles. The largest absolute Gasteiger partial charge is 0.497 e. The molecule has 0 aliphatic heterocycles. The smallest absolute Gasteiger partial charge is 0.263 e. The summed E-state index contributed by atoms with van der Waals surface area (Å²) in [5.74, 6) is 0.819. The number of aromatic nitrogens is 2. The van der Waals surface area contributed by atoms with E-state index in [0.717, 1.165) is 36.1 Å². The number of benzene rings is 1. The third-order valence-electron chi connectivity index (χ3n) is 5.52. The second-order valence-corrected chi connectivity index (χ2v) is 8.45. The van der Waals surface area contributed by atoms with Crippen molar-refractivity contribution in [2.75, 3.05) is 14.2 Å². The van der Waals surface area contributed by atoms with Crippen LogP contribution < -0.4 is 20.5 Å². The first-order valence-electron chi connectivity index (χ1n) is 10.1. The summed E-state index contributed by atoms with van der Waals surface area (Å²) in [6.45, 7) is 1.66. The molecule has 162 valence electrons. The van der Waals surface area contributed by atoms with Gasteiger partial charge in [-0.05, 0) is 50.3 Å². The minimum Gasteiger partial charge on any atom is -0.497 e. The van der Waals surface area contributed by atoms with Gasteiger partial charge in [0.1, 0.15) is 22.4 Å². The highest BCUT2D eigenvalue weighted by atomic mass is 32.1. The van der Waals surface area contributed by atoms with Gasteiger partial charge in [0.25, 0.3) is 11.5 Å². The Morgan fingerprint density at radius 2 is 2.10 bits per heavy atom. The van der Waals surface area contributed by atoms with E-state index in [-0.39, 0.29) is 5.56 Å². The van der Waals surface area contributed by atoms with Gasteiger partial charge in [0.15, 0.2) is 0 Å². The number of nitrogens with zero attached hydrogens (tertiary/aromatic N) is 3. The van der Waals surface area contributed by atoms with E-state index in [4.69, 9.17) is 9.47 Å². The molecule has 0 bridgehead atoms. The van der Waals surface area contributed by atoms with Crippen molar-refractivity contribution in [1.82, 2.24) is 15.0 Å². The number of fused-ring (bicyclic) bond motifs is 3. The first-order chi connectivity index (χ1) is 15.0. The summed E-state index contributed by atoms with van der Waals surface area (Å²) in [6.07, 6.45) is 7.05. The summed E-state index contributed by atoms with van der Waals surface area (Å²) in [7, 11) is 3.12. The summed E-state index contributed by atoms with van der Waals surface area (Å²) in [5.41, 5.74) is 4.11. The van der Waals surface area contributed by atoms with Crippen LogP contribution in [0.4, 0.5) is 0 Å². The number of carbonyl (C=O) groups is 1. The van der Waals surface area contributed by atoms with Crippen molar-refractivity contribution in [3.05, 3.63) is 50.9 Å². The summed E-state index contributed by atoms with van der Waals surface area (Å²) in [4.78, 5) is 32.2. The van der Waals surface area contributed by atoms with Crippen LogP contribution in [0.2, 0.25) is 0 Å². The molecule has 3 aromatic rings. The van der Waals surface area contributed by atoms with Gasteiger partial charge in [-0.25, -0.2) is 10.4 Å². The monoisotopic (exact) mass is 440 g/mol. The number of nitrogens with one attached hydrogen (secondary N) is 1. The maximum absolute atomic E-state index is 13.1. The van der Waals surface area contributed by atoms with Gasteiger partial charge < -0.3 is 9.47 Å².